The quantitative estimate of drug-likeness (QED) is 0.527. The van der Waals surface area contributed by atoms with E-state index in [1.807, 2.05) is 24.3 Å². The fourth-order valence-corrected chi connectivity index (χ4v) is 3.71. The van der Waals surface area contributed by atoms with E-state index >= 15 is 0 Å². The summed E-state index contributed by atoms with van der Waals surface area (Å²) in [7, 11) is 0. The van der Waals surface area contributed by atoms with Gasteiger partial charge in [-0.3, -0.25) is 4.79 Å². The molecule has 180 valence electrons. The van der Waals surface area contributed by atoms with Gasteiger partial charge in [-0.15, -0.1) is 0 Å². The van der Waals surface area contributed by atoms with Gasteiger partial charge in [-0.05, 0) is 62.6 Å². The van der Waals surface area contributed by atoms with Crippen LogP contribution in [0.5, 0.6) is 0 Å². The number of carbonyl (C=O) groups is 2. The van der Waals surface area contributed by atoms with Crippen LogP contribution in [-0.4, -0.2) is 46.3 Å². The van der Waals surface area contributed by atoms with Crippen molar-refractivity contribution >= 4 is 27.9 Å². The minimum Gasteiger partial charge on any atom is -0.444 e. The third-order valence-corrected chi connectivity index (χ3v) is 5.05. The van der Waals surface area contributed by atoms with E-state index < -0.39 is 41.4 Å². The monoisotopic (exact) mass is 526 g/mol. The third-order valence-electron chi connectivity index (χ3n) is 4.55. The number of benzene rings is 2. The van der Waals surface area contributed by atoms with Crippen LogP contribution < -0.4 is 5.32 Å². The normalized spacial score (nSPS) is 13.2. The summed E-state index contributed by atoms with van der Waals surface area (Å²) >= 11 is 3.40. The molecule has 2 atom stereocenters. The minimum absolute atomic E-state index is 0.0333. The molecule has 0 spiro atoms. The van der Waals surface area contributed by atoms with Crippen LogP contribution in [0.25, 0.3) is 0 Å². The van der Waals surface area contributed by atoms with Gasteiger partial charge in [-0.2, -0.15) is 0 Å². The smallest absolute Gasteiger partial charge is 0.410 e. The largest absolute Gasteiger partial charge is 0.444 e. The first-order valence-corrected chi connectivity index (χ1v) is 11.2. The Hall–Kier alpha value is -2.52. The number of hydrogen-bond acceptors (Lipinski definition) is 4. The van der Waals surface area contributed by atoms with Crippen molar-refractivity contribution in [3.63, 3.8) is 0 Å². The molecule has 0 saturated heterocycles. The van der Waals surface area contributed by atoms with Crippen molar-refractivity contribution in [3.8, 4) is 0 Å². The SMILES string of the molecule is CC(=O)NC(Cc1cc(F)cc(F)c1)C(O)CN(Cc1cccc(Br)c1)C(=O)OC(C)(C)C. The van der Waals surface area contributed by atoms with Gasteiger partial charge in [0.1, 0.15) is 17.2 Å². The summed E-state index contributed by atoms with van der Waals surface area (Å²) < 4.78 is 33.6. The number of nitrogens with zero attached hydrogens (tertiary/aromatic N) is 1. The predicted octanol–water partition coefficient (Wildman–Crippen LogP) is 4.57. The molecular formula is C24H29BrF2N2O4. The van der Waals surface area contributed by atoms with Crippen LogP contribution in [0.3, 0.4) is 0 Å². The number of amides is 2. The molecule has 9 heteroatoms. The zero-order valence-corrected chi connectivity index (χ0v) is 20.7. The fourth-order valence-electron chi connectivity index (χ4n) is 3.27. The zero-order chi connectivity index (χ0) is 24.8. The number of ether oxygens (including phenoxy) is 1. The molecule has 0 saturated carbocycles. The van der Waals surface area contributed by atoms with Crippen LogP contribution in [0.15, 0.2) is 46.9 Å². The number of carbonyl (C=O) groups excluding carboxylic acids is 2. The Labute approximate surface area is 201 Å². The molecule has 2 rings (SSSR count). The van der Waals surface area contributed by atoms with Gasteiger partial charge in [-0.25, -0.2) is 13.6 Å². The Morgan fingerprint density at radius 1 is 1.12 bits per heavy atom. The van der Waals surface area contributed by atoms with Crippen molar-refractivity contribution in [2.75, 3.05) is 6.54 Å². The van der Waals surface area contributed by atoms with E-state index in [0.717, 1.165) is 28.2 Å². The highest BCUT2D eigenvalue weighted by Crippen LogP contribution is 2.18. The van der Waals surface area contributed by atoms with Crippen molar-refractivity contribution < 1.29 is 28.2 Å². The number of nitrogens with one attached hydrogen (secondary N) is 1. The van der Waals surface area contributed by atoms with E-state index in [9.17, 15) is 23.5 Å². The van der Waals surface area contributed by atoms with Crippen molar-refractivity contribution in [3.05, 3.63) is 69.7 Å². The average Bonchev–Trinajstić information content (AvgIpc) is 2.64. The van der Waals surface area contributed by atoms with Gasteiger partial charge in [0.2, 0.25) is 5.91 Å². The first-order valence-electron chi connectivity index (χ1n) is 10.4. The lowest BCUT2D eigenvalue weighted by atomic mass is 10.00. The number of rotatable bonds is 8. The van der Waals surface area contributed by atoms with Crippen molar-refractivity contribution in [1.82, 2.24) is 10.2 Å². The molecule has 0 heterocycles. The Morgan fingerprint density at radius 3 is 2.30 bits per heavy atom. The molecule has 2 unspecified atom stereocenters. The molecule has 0 bridgehead atoms. The molecule has 2 N–H and O–H groups in total. The van der Waals surface area contributed by atoms with Gasteiger partial charge in [0.15, 0.2) is 0 Å². The summed E-state index contributed by atoms with van der Waals surface area (Å²) in [4.78, 5) is 25.9. The maximum absolute atomic E-state index is 13.6. The van der Waals surface area contributed by atoms with Crippen molar-refractivity contribution in [1.29, 1.82) is 0 Å². The standard InChI is InChI=1S/C24H29BrF2N2O4/c1-15(30)28-21(11-17-9-19(26)12-20(27)10-17)22(31)14-29(23(32)33-24(2,3)4)13-16-6-5-7-18(25)8-16/h5-10,12,21-22,31H,11,13-14H2,1-4H3,(H,28,30). The van der Waals surface area contributed by atoms with E-state index in [2.05, 4.69) is 21.2 Å². The van der Waals surface area contributed by atoms with Gasteiger partial charge in [-0.1, -0.05) is 28.1 Å². The zero-order valence-electron chi connectivity index (χ0n) is 19.1. The molecular weight excluding hydrogens is 498 g/mol. The molecule has 2 aromatic carbocycles. The molecule has 0 fully saturated rings. The second-order valence-electron chi connectivity index (χ2n) is 8.85. The molecule has 6 nitrogen and oxygen atoms in total. The molecule has 0 aliphatic rings. The number of aliphatic hydroxyl groups excluding tert-OH is 1. The van der Waals surface area contributed by atoms with E-state index in [4.69, 9.17) is 4.74 Å². The lowest BCUT2D eigenvalue weighted by molar-refractivity contribution is -0.120. The highest BCUT2D eigenvalue weighted by molar-refractivity contribution is 9.10. The first-order chi connectivity index (χ1) is 15.3. The van der Waals surface area contributed by atoms with Gasteiger partial charge < -0.3 is 20.1 Å². The van der Waals surface area contributed by atoms with Crippen molar-refractivity contribution in [2.45, 2.75) is 58.4 Å². The maximum atomic E-state index is 13.6. The summed E-state index contributed by atoms with van der Waals surface area (Å²) in [6, 6.07) is 9.46. The van der Waals surface area contributed by atoms with Gasteiger partial charge >= 0.3 is 6.09 Å². The minimum atomic E-state index is -1.24. The van der Waals surface area contributed by atoms with Gasteiger partial charge in [0.25, 0.3) is 0 Å². The third kappa shape index (κ3) is 9.47. The molecule has 0 radical (unpaired) electrons. The fraction of sp³-hybridized carbons (Fsp3) is 0.417. The highest BCUT2D eigenvalue weighted by atomic mass is 79.9. The Kier molecular flexibility index (Phi) is 9.36. The molecule has 0 aliphatic carbocycles. The molecule has 2 aromatic rings. The van der Waals surface area contributed by atoms with Crippen LogP contribution in [0.1, 0.15) is 38.8 Å². The summed E-state index contributed by atoms with van der Waals surface area (Å²) in [6.07, 6.45) is -1.91. The molecule has 33 heavy (non-hydrogen) atoms. The maximum Gasteiger partial charge on any atom is 0.410 e. The van der Waals surface area contributed by atoms with Crippen LogP contribution >= 0.6 is 15.9 Å². The lowest BCUT2D eigenvalue weighted by Crippen LogP contribution is -2.50. The van der Waals surface area contributed by atoms with E-state index in [1.54, 1.807) is 20.8 Å². The van der Waals surface area contributed by atoms with E-state index in [0.29, 0.717) is 0 Å². The first kappa shape index (κ1) is 26.7. The summed E-state index contributed by atoms with van der Waals surface area (Å²) in [5.41, 5.74) is 0.306. The average molecular weight is 527 g/mol. The second-order valence-corrected chi connectivity index (χ2v) is 9.76. The molecule has 0 aromatic heterocycles. The predicted molar refractivity (Wildman–Crippen MR) is 124 cm³/mol. The second kappa shape index (κ2) is 11.6. The Balaban J connectivity index is 2.26. The summed E-state index contributed by atoms with van der Waals surface area (Å²) in [5.74, 6) is -1.94. The summed E-state index contributed by atoms with van der Waals surface area (Å²) in [6.45, 7) is 6.45. The van der Waals surface area contributed by atoms with Crippen LogP contribution in [-0.2, 0) is 22.5 Å². The highest BCUT2D eigenvalue weighted by Gasteiger charge is 2.29. The van der Waals surface area contributed by atoms with Gasteiger partial charge in [0.05, 0.1) is 18.7 Å². The van der Waals surface area contributed by atoms with Crippen LogP contribution in [0.4, 0.5) is 13.6 Å². The van der Waals surface area contributed by atoms with Crippen LogP contribution in [0.2, 0.25) is 0 Å². The molecule has 0 aliphatic heterocycles. The number of aliphatic hydroxyl groups is 1. The number of halogens is 3. The lowest BCUT2D eigenvalue weighted by Gasteiger charge is -2.32. The van der Waals surface area contributed by atoms with Crippen LogP contribution in [0, 0.1) is 11.6 Å². The summed E-state index contributed by atoms with van der Waals surface area (Å²) in [5, 5.41) is 13.6. The van der Waals surface area contributed by atoms with Gasteiger partial charge in [0, 0.05) is 24.0 Å². The van der Waals surface area contributed by atoms with E-state index in [-0.39, 0.29) is 25.1 Å². The number of hydrogen-bond donors (Lipinski definition) is 2. The van der Waals surface area contributed by atoms with Crippen molar-refractivity contribution in [2.24, 2.45) is 0 Å². The molecule has 2 amide bonds. The topological polar surface area (TPSA) is 78.9 Å². The van der Waals surface area contributed by atoms with E-state index in [1.165, 1.54) is 11.8 Å². The Morgan fingerprint density at radius 2 is 1.76 bits per heavy atom. The Bertz CT molecular complexity index is 961.